The van der Waals surface area contributed by atoms with Crippen LogP contribution >= 0.6 is 24.0 Å². The van der Waals surface area contributed by atoms with Gasteiger partial charge in [0.1, 0.15) is 0 Å². The molecule has 0 aliphatic carbocycles. The topological polar surface area (TPSA) is 61.8 Å². The molecule has 0 fully saturated rings. The molecule has 1 heterocycles. The summed E-state index contributed by atoms with van der Waals surface area (Å²) in [6, 6.07) is 17.6. The Kier molecular flexibility index (Phi) is 9.36. The molecule has 0 amide bonds. The fraction of sp³-hybridized carbons (Fsp3) is 0.348. The molecule has 162 valence electrons. The van der Waals surface area contributed by atoms with Crippen molar-refractivity contribution in [1.29, 1.82) is 0 Å². The zero-order chi connectivity index (χ0) is 20.7. The van der Waals surface area contributed by atoms with Crippen molar-refractivity contribution in [2.75, 3.05) is 32.4 Å². The van der Waals surface area contributed by atoms with Crippen molar-refractivity contribution in [3.05, 3.63) is 71.8 Å². The molecule has 1 aliphatic heterocycles. The number of hydrogen-bond donors (Lipinski definition) is 1. The molecule has 7 heteroatoms. The van der Waals surface area contributed by atoms with Crippen LogP contribution in [0.25, 0.3) is 5.57 Å². The van der Waals surface area contributed by atoms with Crippen LogP contribution in [0, 0.1) is 0 Å². The molecule has 0 unspecified atom stereocenters. The number of hydrogen-bond acceptors (Lipinski definition) is 3. The molecule has 2 aromatic carbocycles. The van der Waals surface area contributed by atoms with Crippen molar-refractivity contribution in [2.45, 2.75) is 24.7 Å². The molecule has 1 N–H and O–H groups in total. The van der Waals surface area contributed by atoms with Gasteiger partial charge < -0.3 is 10.2 Å². The molecule has 1 aliphatic rings. The number of rotatable bonds is 6. The third-order valence-corrected chi connectivity index (χ3v) is 6.13. The molecule has 0 radical (unpaired) electrons. The lowest BCUT2D eigenvalue weighted by atomic mass is 10.00. The second kappa shape index (κ2) is 11.5. The van der Waals surface area contributed by atoms with Crippen LogP contribution in [0.1, 0.15) is 24.5 Å². The summed E-state index contributed by atoms with van der Waals surface area (Å²) in [5.74, 6) is 0.934. The van der Waals surface area contributed by atoms with Crippen LogP contribution in [0.3, 0.4) is 0 Å². The van der Waals surface area contributed by atoms with Gasteiger partial charge in [-0.2, -0.15) is 0 Å². The lowest BCUT2D eigenvalue weighted by Gasteiger charge is -2.30. The maximum atomic E-state index is 11.6. The largest absolute Gasteiger partial charge is 0.357 e. The van der Waals surface area contributed by atoms with Crippen LogP contribution in [0.5, 0.6) is 0 Å². The number of nitrogens with one attached hydrogen (secondary N) is 1. The summed E-state index contributed by atoms with van der Waals surface area (Å²) in [5.41, 5.74) is 3.78. The number of guanidine groups is 1. The third kappa shape index (κ3) is 6.84. The van der Waals surface area contributed by atoms with Gasteiger partial charge in [0.05, 0.1) is 4.90 Å². The average molecular weight is 539 g/mol. The van der Waals surface area contributed by atoms with E-state index in [9.17, 15) is 8.42 Å². The normalized spacial score (nSPS) is 14.7. The van der Waals surface area contributed by atoms with E-state index in [1.807, 2.05) is 18.2 Å². The molecular formula is C23H30IN3O2S. The molecule has 0 atom stereocenters. The minimum atomic E-state index is -3.15. The van der Waals surface area contributed by atoms with Crippen molar-refractivity contribution in [3.63, 3.8) is 0 Å². The van der Waals surface area contributed by atoms with Crippen molar-refractivity contribution >= 4 is 45.3 Å². The summed E-state index contributed by atoms with van der Waals surface area (Å²) >= 11 is 0. The molecular weight excluding hydrogens is 509 g/mol. The van der Waals surface area contributed by atoms with Gasteiger partial charge in [-0.1, -0.05) is 48.5 Å². The number of halogens is 1. The van der Waals surface area contributed by atoms with E-state index < -0.39 is 9.84 Å². The number of benzene rings is 2. The number of nitrogens with zero attached hydrogens (tertiary/aromatic N) is 2. The zero-order valence-corrected chi connectivity index (χ0v) is 20.7. The van der Waals surface area contributed by atoms with Crippen LogP contribution in [-0.2, 0) is 16.3 Å². The van der Waals surface area contributed by atoms with Gasteiger partial charge in [0.2, 0.25) is 0 Å². The molecule has 3 rings (SSSR count). The van der Waals surface area contributed by atoms with Crippen molar-refractivity contribution in [3.8, 4) is 0 Å². The van der Waals surface area contributed by atoms with Crippen LogP contribution in [-0.4, -0.2) is 51.7 Å². The smallest absolute Gasteiger partial charge is 0.194 e. The van der Waals surface area contributed by atoms with E-state index in [1.165, 1.54) is 17.4 Å². The predicted molar refractivity (Wildman–Crippen MR) is 135 cm³/mol. The minimum Gasteiger partial charge on any atom is -0.357 e. The van der Waals surface area contributed by atoms with E-state index in [0.29, 0.717) is 11.4 Å². The molecule has 0 saturated heterocycles. The first-order valence-electron chi connectivity index (χ1n) is 10.0. The molecule has 0 bridgehead atoms. The molecule has 2 aromatic rings. The highest BCUT2D eigenvalue weighted by Gasteiger charge is 2.16. The SMILES string of the molecule is CCNC(=NCCc1ccc(S(C)(=O)=O)cc1)N1CC=C(c2ccccc2)CC1.I. The Morgan fingerprint density at radius 2 is 1.80 bits per heavy atom. The lowest BCUT2D eigenvalue weighted by Crippen LogP contribution is -2.43. The summed E-state index contributed by atoms with van der Waals surface area (Å²) in [5, 5.41) is 3.39. The first-order chi connectivity index (χ1) is 14.0. The van der Waals surface area contributed by atoms with Gasteiger partial charge in [-0.05, 0) is 48.6 Å². The van der Waals surface area contributed by atoms with Gasteiger partial charge in [-0.25, -0.2) is 8.42 Å². The third-order valence-electron chi connectivity index (χ3n) is 5.00. The first kappa shape index (κ1) is 24.4. The number of aliphatic imine (C=N–C) groups is 1. The van der Waals surface area contributed by atoms with Crippen molar-refractivity contribution in [2.24, 2.45) is 4.99 Å². The Hall–Kier alpha value is -1.87. The molecule has 0 aromatic heterocycles. The summed E-state index contributed by atoms with van der Waals surface area (Å²) < 4.78 is 23.1. The first-order valence-corrected chi connectivity index (χ1v) is 11.9. The van der Waals surface area contributed by atoms with E-state index in [1.54, 1.807) is 12.1 Å². The molecule has 5 nitrogen and oxygen atoms in total. The Bertz CT molecular complexity index is 971. The van der Waals surface area contributed by atoms with Crippen molar-refractivity contribution in [1.82, 2.24) is 10.2 Å². The van der Waals surface area contributed by atoms with E-state index in [4.69, 9.17) is 4.99 Å². The lowest BCUT2D eigenvalue weighted by molar-refractivity contribution is 0.440. The maximum absolute atomic E-state index is 11.6. The molecule has 0 saturated carbocycles. The van der Waals surface area contributed by atoms with Gasteiger partial charge >= 0.3 is 0 Å². The average Bonchev–Trinajstić information content (AvgIpc) is 2.74. The highest BCUT2D eigenvalue weighted by molar-refractivity contribution is 14.0. The highest BCUT2D eigenvalue weighted by Crippen LogP contribution is 2.22. The summed E-state index contributed by atoms with van der Waals surface area (Å²) in [6.07, 6.45) is 5.29. The second-order valence-corrected chi connectivity index (χ2v) is 9.21. The van der Waals surface area contributed by atoms with Gasteiger partial charge in [-0.15, -0.1) is 24.0 Å². The quantitative estimate of drug-likeness (QED) is 0.343. The van der Waals surface area contributed by atoms with Crippen LogP contribution in [0.2, 0.25) is 0 Å². The van der Waals surface area contributed by atoms with Gasteiger partial charge in [0.25, 0.3) is 0 Å². The monoisotopic (exact) mass is 539 g/mol. The van der Waals surface area contributed by atoms with Gasteiger partial charge in [-0.3, -0.25) is 4.99 Å². The van der Waals surface area contributed by atoms with E-state index >= 15 is 0 Å². The van der Waals surface area contributed by atoms with Crippen LogP contribution < -0.4 is 5.32 Å². The predicted octanol–water partition coefficient (Wildman–Crippen LogP) is 4.01. The van der Waals surface area contributed by atoms with Gasteiger partial charge in [0, 0.05) is 32.4 Å². The standard InChI is InChI=1S/C23H29N3O2S.HI/c1-3-24-23(25-16-13-19-9-11-22(12-10-19)29(2,27)28)26-17-14-21(15-18-26)20-7-5-4-6-8-20;/h4-12,14H,3,13,15-18H2,1-2H3,(H,24,25);1H. The zero-order valence-electron chi connectivity index (χ0n) is 17.5. The Morgan fingerprint density at radius 1 is 1.10 bits per heavy atom. The fourth-order valence-corrected chi connectivity index (χ4v) is 4.03. The summed E-state index contributed by atoms with van der Waals surface area (Å²) in [6.45, 7) is 5.35. The Balaban J connectivity index is 0.00000320. The minimum absolute atomic E-state index is 0. The molecule has 0 spiro atoms. The van der Waals surface area contributed by atoms with E-state index in [0.717, 1.165) is 44.0 Å². The number of sulfone groups is 1. The molecule has 30 heavy (non-hydrogen) atoms. The fourth-order valence-electron chi connectivity index (χ4n) is 3.40. The van der Waals surface area contributed by atoms with Crippen LogP contribution in [0.4, 0.5) is 0 Å². The Morgan fingerprint density at radius 3 is 2.37 bits per heavy atom. The summed E-state index contributed by atoms with van der Waals surface area (Å²) in [7, 11) is -3.15. The van der Waals surface area contributed by atoms with E-state index in [2.05, 4.69) is 47.5 Å². The van der Waals surface area contributed by atoms with E-state index in [-0.39, 0.29) is 24.0 Å². The highest BCUT2D eigenvalue weighted by atomic mass is 127. The maximum Gasteiger partial charge on any atom is 0.194 e. The summed E-state index contributed by atoms with van der Waals surface area (Å²) in [4.78, 5) is 7.42. The second-order valence-electron chi connectivity index (χ2n) is 7.19. The van der Waals surface area contributed by atoms with Crippen LogP contribution in [0.15, 0.2) is 70.6 Å². The Labute approximate surface area is 197 Å². The van der Waals surface area contributed by atoms with Gasteiger partial charge in [0.15, 0.2) is 15.8 Å². The van der Waals surface area contributed by atoms with Crippen molar-refractivity contribution < 1.29 is 8.42 Å².